The number of carbonyl (C=O) groups is 1. The molecule has 82 valence electrons. The lowest BCUT2D eigenvalue weighted by atomic mass is 10.0. The molecule has 1 aliphatic rings. The van der Waals surface area contributed by atoms with Gasteiger partial charge in [-0.3, -0.25) is 4.79 Å². The zero-order valence-electron chi connectivity index (χ0n) is 8.89. The summed E-state index contributed by atoms with van der Waals surface area (Å²) in [5.41, 5.74) is 0. The third-order valence-corrected chi connectivity index (χ3v) is 3.77. The van der Waals surface area contributed by atoms with Gasteiger partial charge >= 0.3 is 0 Å². The van der Waals surface area contributed by atoms with Crippen LogP contribution in [0.3, 0.4) is 0 Å². The van der Waals surface area contributed by atoms with Crippen molar-refractivity contribution < 1.29 is 4.79 Å². The third kappa shape index (κ3) is 3.99. The summed E-state index contributed by atoms with van der Waals surface area (Å²) in [4.78, 5) is 11.6. The highest BCUT2D eigenvalue weighted by atomic mass is 79.9. The molecule has 0 heterocycles. The fourth-order valence-electron chi connectivity index (χ4n) is 2.01. The number of hydrogen-bond acceptors (Lipinski definition) is 1. The van der Waals surface area contributed by atoms with Gasteiger partial charge in [0.2, 0.25) is 5.91 Å². The van der Waals surface area contributed by atoms with E-state index in [0.29, 0.717) is 12.0 Å². The van der Waals surface area contributed by atoms with E-state index in [1.54, 1.807) is 0 Å². The largest absolute Gasteiger partial charge is 0.353 e. The molecule has 3 heteroatoms. The van der Waals surface area contributed by atoms with E-state index >= 15 is 0 Å². The van der Waals surface area contributed by atoms with E-state index in [-0.39, 0.29) is 5.91 Å². The van der Waals surface area contributed by atoms with Crippen LogP contribution >= 0.6 is 15.9 Å². The predicted molar refractivity (Wildman–Crippen MR) is 62.6 cm³/mol. The number of halogens is 1. The normalized spacial score (nSPS) is 19.6. The number of rotatable bonds is 5. The monoisotopic (exact) mass is 261 g/mol. The van der Waals surface area contributed by atoms with Gasteiger partial charge in [-0.05, 0) is 25.2 Å². The molecule has 0 aromatic rings. The number of carbonyl (C=O) groups excluding carboxylic acids is 1. The lowest BCUT2D eigenvalue weighted by Gasteiger charge is -2.15. The van der Waals surface area contributed by atoms with Gasteiger partial charge in [0.15, 0.2) is 0 Å². The van der Waals surface area contributed by atoms with E-state index in [1.165, 1.54) is 25.7 Å². The van der Waals surface area contributed by atoms with Crippen LogP contribution in [0.2, 0.25) is 0 Å². The van der Waals surface area contributed by atoms with Crippen molar-refractivity contribution in [2.45, 2.75) is 51.5 Å². The van der Waals surface area contributed by atoms with Gasteiger partial charge in [-0.1, -0.05) is 35.7 Å². The second kappa shape index (κ2) is 6.44. The van der Waals surface area contributed by atoms with Gasteiger partial charge in [-0.15, -0.1) is 0 Å². The summed E-state index contributed by atoms with van der Waals surface area (Å²) in [6, 6.07) is 0.309. The van der Waals surface area contributed by atoms with E-state index in [1.807, 2.05) is 0 Å². The van der Waals surface area contributed by atoms with Gasteiger partial charge in [0, 0.05) is 17.8 Å². The number of amides is 1. The van der Waals surface area contributed by atoms with Crippen LogP contribution in [-0.4, -0.2) is 17.3 Å². The summed E-state index contributed by atoms with van der Waals surface area (Å²) < 4.78 is 0. The highest BCUT2D eigenvalue weighted by molar-refractivity contribution is 9.09. The van der Waals surface area contributed by atoms with Crippen molar-refractivity contribution in [1.82, 2.24) is 5.32 Å². The minimum Gasteiger partial charge on any atom is -0.353 e. The molecule has 1 N–H and O–H groups in total. The molecule has 1 fully saturated rings. The van der Waals surface area contributed by atoms with Crippen molar-refractivity contribution in [3.63, 3.8) is 0 Å². The maximum atomic E-state index is 11.6. The summed E-state index contributed by atoms with van der Waals surface area (Å²) in [5, 5.41) is 3.92. The third-order valence-electron chi connectivity index (χ3n) is 2.99. The first kappa shape index (κ1) is 12.0. The standard InChI is InChI=1S/C11H20BrNO/c1-2-10(8-12)13-11(14)7-9-5-3-4-6-9/h9-10H,2-8H2,1H3,(H,13,14). The van der Waals surface area contributed by atoms with Gasteiger partial charge in [0.25, 0.3) is 0 Å². The predicted octanol–water partition coefficient (Wildman–Crippen LogP) is 2.86. The van der Waals surface area contributed by atoms with E-state index < -0.39 is 0 Å². The molecule has 2 nitrogen and oxygen atoms in total. The van der Waals surface area contributed by atoms with Gasteiger partial charge < -0.3 is 5.32 Å². The zero-order valence-corrected chi connectivity index (χ0v) is 10.5. The van der Waals surface area contributed by atoms with Crippen LogP contribution in [0.4, 0.5) is 0 Å². The Morgan fingerprint density at radius 1 is 1.50 bits per heavy atom. The Morgan fingerprint density at radius 3 is 2.64 bits per heavy atom. The van der Waals surface area contributed by atoms with Crippen molar-refractivity contribution >= 4 is 21.8 Å². The van der Waals surface area contributed by atoms with Crippen molar-refractivity contribution in [3.8, 4) is 0 Å². The molecule has 1 saturated carbocycles. The molecule has 1 rings (SSSR count). The van der Waals surface area contributed by atoms with Crippen molar-refractivity contribution in [1.29, 1.82) is 0 Å². The summed E-state index contributed by atoms with van der Waals surface area (Å²) in [6.45, 7) is 2.10. The highest BCUT2D eigenvalue weighted by Gasteiger charge is 2.19. The second-order valence-corrected chi connectivity index (χ2v) is 4.83. The lowest BCUT2D eigenvalue weighted by Crippen LogP contribution is -2.36. The molecule has 14 heavy (non-hydrogen) atoms. The minimum absolute atomic E-state index is 0.239. The van der Waals surface area contributed by atoms with Crippen molar-refractivity contribution in [2.24, 2.45) is 5.92 Å². The molecular weight excluding hydrogens is 242 g/mol. The maximum Gasteiger partial charge on any atom is 0.220 e. The van der Waals surface area contributed by atoms with Crippen LogP contribution in [0.1, 0.15) is 45.4 Å². The fourth-order valence-corrected chi connectivity index (χ4v) is 2.63. The Hall–Kier alpha value is -0.0500. The first-order valence-electron chi connectivity index (χ1n) is 5.61. The first-order chi connectivity index (χ1) is 6.76. The summed E-state index contributed by atoms with van der Waals surface area (Å²) in [7, 11) is 0. The van der Waals surface area contributed by atoms with Crippen LogP contribution in [0, 0.1) is 5.92 Å². The Morgan fingerprint density at radius 2 is 2.14 bits per heavy atom. The topological polar surface area (TPSA) is 29.1 Å². The number of alkyl halides is 1. The van der Waals surface area contributed by atoms with Gasteiger partial charge in [-0.25, -0.2) is 0 Å². The molecule has 0 bridgehead atoms. The smallest absolute Gasteiger partial charge is 0.220 e. The van der Waals surface area contributed by atoms with Crippen molar-refractivity contribution in [3.05, 3.63) is 0 Å². The van der Waals surface area contributed by atoms with Crippen molar-refractivity contribution in [2.75, 3.05) is 5.33 Å². The van der Waals surface area contributed by atoms with E-state index in [0.717, 1.165) is 18.2 Å². The average Bonchev–Trinajstić information content (AvgIpc) is 2.66. The van der Waals surface area contributed by atoms with Gasteiger partial charge in [-0.2, -0.15) is 0 Å². The Labute approximate surface area is 95.0 Å². The molecule has 0 spiro atoms. The van der Waals surface area contributed by atoms with Crippen LogP contribution in [0.15, 0.2) is 0 Å². The second-order valence-electron chi connectivity index (χ2n) is 4.18. The summed E-state index contributed by atoms with van der Waals surface area (Å²) in [5.74, 6) is 0.894. The van der Waals surface area contributed by atoms with Crippen LogP contribution in [0.5, 0.6) is 0 Å². The molecular formula is C11H20BrNO. The fraction of sp³-hybridized carbons (Fsp3) is 0.909. The SMILES string of the molecule is CCC(CBr)NC(=O)CC1CCCC1. The molecule has 0 radical (unpaired) electrons. The van der Waals surface area contributed by atoms with Crippen LogP contribution in [-0.2, 0) is 4.79 Å². The number of nitrogens with one attached hydrogen (secondary N) is 1. The Balaban J connectivity index is 2.20. The summed E-state index contributed by atoms with van der Waals surface area (Å²) >= 11 is 3.40. The van der Waals surface area contributed by atoms with E-state index in [9.17, 15) is 4.79 Å². The highest BCUT2D eigenvalue weighted by Crippen LogP contribution is 2.27. The quantitative estimate of drug-likeness (QED) is 0.758. The first-order valence-corrected chi connectivity index (χ1v) is 6.73. The maximum absolute atomic E-state index is 11.6. The molecule has 0 aliphatic heterocycles. The minimum atomic E-state index is 0.239. The molecule has 0 aromatic carbocycles. The Kier molecular flexibility index (Phi) is 5.53. The summed E-state index contributed by atoms with van der Waals surface area (Å²) in [6.07, 6.45) is 6.86. The Bertz CT molecular complexity index is 168. The van der Waals surface area contributed by atoms with Crippen LogP contribution < -0.4 is 5.32 Å². The zero-order chi connectivity index (χ0) is 10.4. The van der Waals surface area contributed by atoms with E-state index in [4.69, 9.17) is 0 Å². The molecule has 1 atom stereocenters. The van der Waals surface area contributed by atoms with Gasteiger partial charge in [0.05, 0.1) is 0 Å². The molecule has 1 unspecified atom stereocenters. The van der Waals surface area contributed by atoms with Crippen LogP contribution in [0.25, 0.3) is 0 Å². The molecule has 0 saturated heterocycles. The van der Waals surface area contributed by atoms with Gasteiger partial charge in [0.1, 0.15) is 0 Å². The number of hydrogen-bond donors (Lipinski definition) is 1. The molecule has 1 amide bonds. The molecule has 1 aliphatic carbocycles. The lowest BCUT2D eigenvalue weighted by molar-refractivity contribution is -0.122. The van der Waals surface area contributed by atoms with E-state index in [2.05, 4.69) is 28.2 Å². The average molecular weight is 262 g/mol. The molecule has 0 aromatic heterocycles.